The standard InChI is InChI=1S/C3Cl2F6O3S/c4-1(6,2(7,8)9)3(10,11)14-15(5,12)13. The fourth-order valence-electron chi connectivity index (χ4n) is 0.342. The third kappa shape index (κ3) is 3.54. The zero-order valence-electron chi connectivity index (χ0n) is 6.16. The van der Waals surface area contributed by atoms with Gasteiger partial charge in [-0.15, -0.1) is 0 Å². The van der Waals surface area contributed by atoms with Crippen molar-refractivity contribution < 1.29 is 38.9 Å². The van der Waals surface area contributed by atoms with Crippen LogP contribution >= 0.6 is 22.3 Å². The minimum atomic E-state index is -6.25. The zero-order chi connectivity index (χ0) is 12.7. The molecule has 0 saturated heterocycles. The van der Waals surface area contributed by atoms with Crippen LogP contribution in [0.5, 0.6) is 0 Å². The number of hydrogen-bond acceptors (Lipinski definition) is 3. The summed E-state index contributed by atoms with van der Waals surface area (Å²) in [7, 11) is -1.48. The van der Waals surface area contributed by atoms with Gasteiger partial charge in [-0.3, -0.25) is 0 Å². The van der Waals surface area contributed by atoms with Gasteiger partial charge in [0.2, 0.25) is 0 Å². The summed E-state index contributed by atoms with van der Waals surface area (Å²) in [5, 5.41) is -5.71. The predicted octanol–water partition coefficient (Wildman–Crippen LogP) is 2.55. The summed E-state index contributed by atoms with van der Waals surface area (Å²) in [6.07, 6.45) is -12.1. The Labute approximate surface area is 88.5 Å². The lowest BCUT2D eigenvalue weighted by atomic mass is 10.3. The molecule has 0 N–H and O–H groups in total. The van der Waals surface area contributed by atoms with Gasteiger partial charge in [-0.2, -0.15) is 34.6 Å². The van der Waals surface area contributed by atoms with E-state index >= 15 is 0 Å². The van der Waals surface area contributed by atoms with E-state index in [1.165, 1.54) is 0 Å². The van der Waals surface area contributed by atoms with E-state index in [-0.39, 0.29) is 0 Å². The van der Waals surface area contributed by atoms with E-state index in [1.54, 1.807) is 0 Å². The molecule has 15 heavy (non-hydrogen) atoms. The molecule has 0 aliphatic rings. The van der Waals surface area contributed by atoms with Crippen LogP contribution in [0.15, 0.2) is 0 Å². The first-order valence-electron chi connectivity index (χ1n) is 2.68. The van der Waals surface area contributed by atoms with Gasteiger partial charge in [0, 0.05) is 10.7 Å². The third-order valence-corrected chi connectivity index (χ3v) is 1.96. The van der Waals surface area contributed by atoms with Crippen LogP contribution in [0.3, 0.4) is 0 Å². The largest absolute Gasteiger partial charge is 0.446 e. The molecule has 0 radical (unpaired) electrons. The summed E-state index contributed by atoms with van der Waals surface area (Å²) >= 11 is 3.82. The molecule has 1 unspecified atom stereocenters. The van der Waals surface area contributed by atoms with Crippen LogP contribution in [-0.4, -0.2) is 25.8 Å². The molecule has 3 nitrogen and oxygen atoms in total. The van der Waals surface area contributed by atoms with Gasteiger partial charge in [-0.25, -0.2) is 4.39 Å². The quantitative estimate of drug-likeness (QED) is 0.457. The van der Waals surface area contributed by atoms with Gasteiger partial charge >= 0.3 is 26.7 Å². The van der Waals surface area contributed by atoms with E-state index in [1.807, 2.05) is 0 Å². The molecular formula is C3Cl2F6O3S. The van der Waals surface area contributed by atoms with Crippen molar-refractivity contribution in [2.24, 2.45) is 0 Å². The maximum Gasteiger partial charge on any atom is 0.446 e. The van der Waals surface area contributed by atoms with Crippen LogP contribution in [0.2, 0.25) is 0 Å². The monoisotopic (exact) mass is 300 g/mol. The fraction of sp³-hybridized carbons (Fsp3) is 1.00. The van der Waals surface area contributed by atoms with Crippen LogP contribution in [0.1, 0.15) is 0 Å². The van der Waals surface area contributed by atoms with Crippen molar-refractivity contribution in [2.45, 2.75) is 17.4 Å². The summed E-state index contributed by atoms with van der Waals surface area (Å²) in [5.74, 6) is 0. The normalized spacial score (nSPS) is 18.7. The Balaban J connectivity index is 5.21. The van der Waals surface area contributed by atoms with Gasteiger partial charge < -0.3 is 0 Å². The average Bonchev–Trinajstić information content (AvgIpc) is 1.77. The maximum absolute atomic E-state index is 12.3. The molecule has 0 saturated carbocycles. The second-order valence-electron chi connectivity index (χ2n) is 2.07. The van der Waals surface area contributed by atoms with Gasteiger partial charge in [-0.1, -0.05) is 11.6 Å². The molecule has 0 aliphatic carbocycles. The minimum absolute atomic E-state index is 2.39. The molecule has 0 aromatic carbocycles. The van der Waals surface area contributed by atoms with Gasteiger partial charge in [0.15, 0.2) is 0 Å². The SMILES string of the molecule is O=S(=O)(Cl)OC(F)(F)C(F)(Cl)C(F)(F)F. The van der Waals surface area contributed by atoms with Crippen molar-refractivity contribution in [3.63, 3.8) is 0 Å². The Hall–Kier alpha value is 0.0700. The average molecular weight is 301 g/mol. The van der Waals surface area contributed by atoms with Crippen molar-refractivity contribution >= 4 is 31.6 Å². The molecule has 1 atom stereocenters. The Morgan fingerprint density at radius 1 is 1.00 bits per heavy atom. The predicted molar refractivity (Wildman–Crippen MR) is 36.6 cm³/mol. The highest BCUT2D eigenvalue weighted by molar-refractivity contribution is 8.10. The molecule has 0 rings (SSSR count). The zero-order valence-corrected chi connectivity index (χ0v) is 8.49. The van der Waals surface area contributed by atoms with Crippen molar-refractivity contribution in [3.05, 3.63) is 0 Å². The molecule has 0 fully saturated rings. The number of halogens is 8. The number of hydrogen-bond donors (Lipinski definition) is 0. The summed E-state index contributed by atoms with van der Waals surface area (Å²) in [5.41, 5.74) is 0. The molecule has 0 bridgehead atoms. The topological polar surface area (TPSA) is 43.4 Å². The maximum atomic E-state index is 12.3. The number of rotatable bonds is 3. The molecule has 92 valence electrons. The Morgan fingerprint density at radius 3 is 1.53 bits per heavy atom. The van der Waals surface area contributed by atoms with Crippen molar-refractivity contribution in [2.75, 3.05) is 0 Å². The molecule has 0 aromatic heterocycles. The highest BCUT2D eigenvalue weighted by atomic mass is 35.7. The summed E-state index contributed by atoms with van der Waals surface area (Å²) in [4.78, 5) is 0. The summed E-state index contributed by atoms with van der Waals surface area (Å²) in [6.45, 7) is 0. The fourth-order valence-corrected chi connectivity index (χ4v) is 1.03. The van der Waals surface area contributed by atoms with E-state index in [2.05, 4.69) is 26.5 Å². The molecule has 12 heteroatoms. The molecule has 0 aromatic rings. The first-order valence-corrected chi connectivity index (χ1v) is 5.29. The van der Waals surface area contributed by atoms with E-state index in [4.69, 9.17) is 0 Å². The van der Waals surface area contributed by atoms with Crippen LogP contribution < -0.4 is 0 Å². The van der Waals surface area contributed by atoms with E-state index in [0.717, 1.165) is 0 Å². The Bertz CT molecular complexity index is 334. The van der Waals surface area contributed by atoms with E-state index < -0.39 is 26.7 Å². The first kappa shape index (κ1) is 15.1. The second kappa shape index (κ2) is 3.82. The first-order chi connectivity index (χ1) is 6.21. The molecule has 0 heterocycles. The number of alkyl halides is 7. The Kier molecular flexibility index (Phi) is 3.84. The van der Waals surface area contributed by atoms with Gasteiger partial charge in [0.1, 0.15) is 0 Å². The minimum Gasteiger partial charge on any atom is -0.206 e. The van der Waals surface area contributed by atoms with Crippen LogP contribution in [0.25, 0.3) is 0 Å². The summed E-state index contributed by atoms with van der Waals surface area (Å²) < 4.78 is 93.9. The smallest absolute Gasteiger partial charge is 0.206 e. The lowest BCUT2D eigenvalue weighted by molar-refractivity contribution is -0.323. The van der Waals surface area contributed by atoms with E-state index in [9.17, 15) is 34.8 Å². The van der Waals surface area contributed by atoms with Gasteiger partial charge in [0.25, 0.3) is 0 Å². The van der Waals surface area contributed by atoms with Crippen LogP contribution in [0.4, 0.5) is 26.3 Å². The second-order valence-corrected chi connectivity index (χ2v) is 4.67. The Morgan fingerprint density at radius 2 is 1.33 bits per heavy atom. The van der Waals surface area contributed by atoms with Crippen LogP contribution in [-0.2, 0) is 13.5 Å². The van der Waals surface area contributed by atoms with Crippen molar-refractivity contribution in [3.8, 4) is 0 Å². The van der Waals surface area contributed by atoms with Crippen LogP contribution in [0, 0.1) is 0 Å². The van der Waals surface area contributed by atoms with E-state index in [0.29, 0.717) is 0 Å². The molecule has 0 spiro atoms. The van der Waals surface area contributed by atoms with Gasteiger partial charge in [0.05, 0.1) is 0 Å². The molecule has 0 amide bonds. The molecule has 0 aliphatic heterocycles. The van der Waals surface area contributed by atoms with Gasteiger partial charge in [-0.05, 0) is 0 Å². The lowest BCUT2D eigenvalue weighted by Crippen LogP contribution is -2.52. The molecular weight excluding hydrogens is 301 g/mol. The lowest BCUT2D eigenvalue weighted by Gasteiger charge is -2.27. The van der Waals surface area contributed by atoms with Crippen molar-refractivity contribution in [1.29, 1.82) is 0 Å². The highest BCUT2D eigenvalue weighted by Crippen LogP contribution is 2.49. The third-order valence-electron chi connectivity index (χ3n) is 0.926. The highest BCUT2D eigenvalue weighted by Gasteiger charge is 2.73. The summed E-state index contributed by atoms with van der Waals surface area (Å²) in [6, 6.07) is 0. The van der Waals surface area contributed by atoms with Crippen molar-refractivity contribution in [1.82, 2.24) is 0 Å².